The van der Waals surface area contributed by atoms with Gasteiger partial charge >= 0.3 is 6.09 Å². The lowest BCUT2D eigenvalue weighted by atomic mass is 10.2. The van der Waals surface area contributed by atoms with Crippen LogP contribution >= 0.6 is 0 Å². The highest BCUT2D eigenvalue weighted by Crippen LogP contribution is 2.26. The maximum Gasteiger partial charge on any atom is 0.417 e. The lowest BCUT2D eigenvalue weighted by Crippen LogP contribution is -2.24. The van der Waals surface area contributed by atoms with E-state index in [4.69, 9.17) is 0 Å². The standard InChI is InChI=1S/C18H13N3O2/c22-18(23)21(16-9-5-2-6-10-16)17-15(13-19-20-17)12-11-14-7-3-1-4-8-14/h1-10,13H,(H,19,20)(H,22,23). The van der Waals surface area contributed by atoms with Gasteiger partial charge in [-0.15, -0.1) is 0 Å². The second-order valence-electron chi connectivity index (χ2n) is 4.69. The number of nitrogens with one attached hydrogen (secondary N) is 1. The van der Waals surface area contributed by atoms with Crippen LogP contribution in [0.1, 0.15) is 11.1 Å². The van der Waals surface area contributed by atoms with Crippen LogP contribution in [0.15, 0.2) is 66.9 Å². The van der Waals surface area contributed by atoms with E-state index in [-0.39, 0.29) is 5.82 Å². The van der Waals surface area contributed by atoms with Crippen LogP contribution < -0.4 is 4.90 Å². The highest BCUT2D eigenvalue weighted by atomic mass is 16.4. The van der Waals surface area contributed by atoms with Crippen molar-refractivity contribution in [2.75, 3.05) is 4.90 Å². The summed E-state index contributed by atoms with van der Waals surface area (Å²) in [5.74, 6) is 6.23. The van der Waals surface area contributed by atoms with E-state index in [1.165, 1.54) is 0 Å². The topological polar surface area (TPSA) is 69.2 Å². The molecule has 0 saturated carbocycles. The number of nitrogens with zero attached hydrogens (tertiary/aromatic N) is 2. The van der Waals surface area contributed by atoms with Gasteiger partial charge in [0.2, 0.25) is 0 Å². The number of rotatable bonds is 2. The van der Waals surface area contributed by atoms with Crippen LogP contribution in [0.2, 0.25) is 0 Å². The molecule has 3 rings (SSSR count). The molecular formula is C18H13N3O2. The van der Waals surface area contributed by atoms with Crippen molar-refractivity contribution in [3.05, 3.63) is 78.0 Å². The SMILES string of the molecule is O=C(O)N(c1ccccc1)c1n[nH]cc1C#Cc1ccccc1. The molecule has 0 bridgehead atoms. The molecular weight excluding hydrogens is 290 g/mol. The lowest BCUT2D eigenvalue weighted by Gasteiger charge is -2.16. The Labute approximate surface area is 133 Å². The van der Waals surface area contributed by atoms with E-state index in [9.17, 15) is 9.90 Å². The first-order valence-corrected chi connectivity index (χ1v) is 6.94. The number of carbonyl (C=O) groups is 1. The average Bonchev–Trinajstić information content (AvgIpc) is 3.03. The number of hydrogen-bond donors (Lipinski definition) is 2. The molecule has 2 N–H and O–H groups in total. The molecule has 5 heteroatoms. The fraction of sp³-hybridized carbons (Fsp3) is 0. The second-order valence-corrected chi connectivity index (χ2v) is 4.69. The van der Waals surface area contributed by atoms with Crippen LogP contribution in [-0.4, -0.2) is 21.4 Å². The number of aromatic nitrogens is 2. The van der Waals surface area contributed by atoms with Crippen molar-refractivity contribution < 1.29 is 9.90 Å². The van der Waals surface area contributed by atoms with Crippen molar-refractivity contribution in [1.82, 2.24) is 10.2 Å². The summed E-state index contributed by atoms with van der Waals surface area (Å²) in [7, 11) is 0. The Kier molecular flexibility index (Phi) is 4.07. The van der Waals surface area contributed by atoms with Gasteiger partial charge in [-0.3, -0.25) is 5.10 Å². The summed E-state index contributed by atoms with van der Waals surface area (Å²) in [5.41, 5.74) is 1.87. The molecule has 0 fully saturated rings. The van der Waals surface area contributed by atoms with E-state index >= 15 is 0 Å². The molecule has 0 unspecified atom stereocenters. The first-order chi connectivity index (χ1) is 11.3. The molecule has 0 aliphatic carbocycles. The van der Waals surface area contributed by atoms with Crippen LogP contribution in [-0.2, 0) is 0 Å². The van der Waals surface area contributed by atoms with Crippen molar-refractivity contribution in [3.63, 3.8) is 0 Å². The molecule has 1 amide bonds. The van der Waals surface area contributed by atoms with E-state index in [0.717, 1.165) is 10.5 Å². The number of hydrogen-bond acceptors (Lipinski definition) is 2. The first-order valence-electron chi connectivity index (χ1n) is 6.94. The minimum Gasteiger partial charge on any atom is -0.464 e. The third-order valence-corrected chi connectivity index (χ3v) is 3.15. The minimum absolute atomic E-state index is 0.257. The zero-order valence-electron chi connectivity index (χ0n) is 12.1. The molecule has 0 saturated heterocycles. The van der Waals surface area contributed by atoms with Gasteiger partial charge in [0.25, 0.3) is 0 Å². The number of para-hydroxylation sites is 1. The van der Waals surface area contributed by atoms with Crippen LogP contribution in [0.5, 0.6) is 0 Å². The Hall–Kier alpha value is -3.52. The van der Waals surface area contributed by atoms with Crippen molar-refractivity contribution in [3.8, 4) is 11.8 Å². The van der Waals surface area contributed by atoms with E-state index in [0.29, 0.717) is 11.3 Å². The number of aromatic amines is 1. The smallest absolute Gasteiger partial charge is 0.417 e. The maximum atomic E-state index is 11.6. The first kappa shape index (κ1) is 14.4. The summed E-state index contributed by atoms with van der Waals surface area (Å²) in [4.78, 5) is 12.8. The summed E-state index contributed by atoms with van der Waals surface area (Å²) < 4.78 is 0. The fourth-order valence-electron chi connectivity index (χ4n) is 2.11. The quantitative estimate of drug-likeness (QED) is 0.710. The number of carboxylic acid groups (broad SMARTS) is 1. The number of H-pyrrole nitrogens is 1. The predicted octanol–water partition coefficient (Wildman–Crippen LogP) is 3.63. The minimum atomic E-state index is -1.12. The van der Waals surface area contributed by atoms with Crippen molar-refractivity contribution in [2.45, 2.75) is 0 Å². The van der Waals surface area contributed by atoms with Gasteiger partial charge in [0, 0.05) is 11.8 Å². The van der Waals surface area contributed by atoms with Crippen LogP contribution in [0.25, 0.3) is 0 Å². The second kappa shape index (κ2) is 6.50. The van der Waals surface area contributed by atoms with Crippen molar-refractivity contribution in [2.24, 2.45) is 0 Å². The Morgan fingerprint density at radius 3 is 2.30 bits per heavy atom. The third kappa shape index (κ3) is 3.22. The molecule has 0 aliphatic heterocycles. The Bertz CT molecular complexity index is 861. The fourth-order valence-corrected chi connectivity index (χ4v) is 2.11. The van der Waals surface area contributed by atoms with E-state index in [1.807, 2.05) is 36.4 Å². The molecule has 2 aromatic carbocycles. The zero-order valence-corrected chi connectivity index (χ0v) is 12.1. The lowest BCUT2D eigenvalue weighted by molar-refractivity contribution is 0.204. The van der Waals surface area contributed by atoms with Gasteiger partial charge < -0.3 is 5.11 Å². The molecule has 23 heavy (non-hydrogen) atoms. The Morgan fingerprint density at radius 1 is 1.00 bits per heavy atom. The van der Waals surface area contributed by atoms with Gasteiger partial charge in [0.15, 0.2) is 5.82 Å². The normalized spacial score (nSPS) is 9.74. The highest BCUT2D eigenvalue weighted by molar-refractivity contribution is 5.95. The monoisotopic (exact) mass is 303 g/mol. The molecule has 112 valence electrons. The highest BCUT2D eigenvalue weighted by Gasteiger charge is 2.21. The van der Waals surface area contributed by atoms with E-state index < -0.39 is 6.09 Å². The third-order valence-electron chi connectivity index (χ3n) is 3.15. The van der Waals surface area contributed by atoms with Crippen molar-refractivity contribution in [1.29, 1.82) is 0 Å². The summed E-state index contributed by atoms with van der Waals surface area (Å²) in [6.07, 6.45) is 0.468. The molecule has 5 nitrogen and oxygen atoms in total. The summed E-state index contributed by atoms with van der Waals surface area (Å²) in [5, 5.41) is 16.3. The molecule has 0 atom stereocenters. The summed E-state index contributed by atoms with van der Waals surface area (Å²) in [6.45, 7) is 0. The van der Waals surface area contributed by atoms with Gasteiger partial charge in [-0.25, -0.2) is 9.69 Å². The van der Waals surface area contributed by atoms with Crippen LogP contribution in [0, 0.1) is 11.8 Å². The van der Waals surface area contributed by atoms with Gasteiger partial charge in [-0.05, 0) is 24.3 Å². The van der Waals surface area contributed by atoms with Gasteiger partial charge in [0.05, 0.1) is 11.3 Å². The molecule has 0 aliphatic rings. The van der Waals surface area contributed by atoms with E-state index in [1.54, 1.807) is 30.5 Å². The van der Waals surface area contributed by atoms with Gasteiger partial charge in [0.1, 0.15) is 0 Å². The summed E-state index contributed by atoms with van der Waals surface area (Å²) in [6, 6.07) is 18.3. The Morgan fingerprint density at radius 2 is 1.65 bits per heavy atom. The van der Waals surface area contributed by atoms with E-state index in [2.05, 4.69) is 22.0 Å². The Balaban J connectivity index is 1.99. The number of anilines is 2. The molecule has 1 heterocycles. The summed E-state index contributed by atoms with van der Waals surface area (Å²) >= 11 is 0. The molecule has 1 aromatic heterocycles. The van der Waals surface area contributed by atoms with Crippen LogP contribution in [0.3, 0.4) is 0 Å². The average molecular weight is 303 g/mol. The van der Waals surface area contributed by atoms with Crippen LogP contribution in [0.4, 0.5) is 16.3 Å². The molecule has 3 aromatic rings. The molecule has 0 spiro atoms. The largest absolute Gasteiger partial charge is 0.464 e. The van der Waals surface area contributed by atoms with Gasteiger partial charge in [-0.1, -0.05) is 48.2 Å². The maximum absolute atomic E-state index is 11.6. The predicted molar refractivity (Wildman–Crippen MR) is 87.6 cm³/mol. The number of benzene rings is 2. The zero-order chi connectivity index (χ0) is 16.1. The van der Waals surface area contributed by atoms with Crippen molar-refractivity contribution >= 4 is 17.6 Å². The molecule has 0 radical (unpaired) electrons. The van der Waals surface area contributed by atoms with Gasteiger partial charge in [-0.2, -0.15) is 5.10 Å². The number of amides is 1.